The normalized spacial score (nSPS) is 18.3. The molecule has 3 aromatic carbocycles. The highest BCUT2D eigenvalue weighted by Crippen LogP contribution is 2.30. The molecule has 4 fully saturated rings. The molecule has 4 aliphatic rings. The molecule has 21 heteroatoms. The highest BCUT2D eigenvalue weighted by atomic mass is 16.6. The Morgan fingerprint density at radius 1 is 0.416 bits per heavy atom. The van der Waals surface area contributed by atoms with Crippen molar-refractivity contribution in [3.63, 3.8) is 0 Å². The third-order valence-corrected chi connectivity index (χ3v) is 16.6. The Balaban J connectivity index is 0.000000155. The fraction of sp³-hybridized carbons (Fsp3) is 0.559. The van der Waals surface area contributed by atoms with Crippen molar-refractivity contribution >= 4 is 18.3 Å². The molecule has 89 heavy (non-hydrogen) atoms. The second kappa shape index (κ2) is 30.0. The number of nitrogens with zero attached hydrogens (tertiary/aromatic N) is 15. The van der Waals surface area contributed by atoms with Crippen LogP contribution in [0.3, 0.4) is 0 Å². The van der Waals surface area contributed by atoms with E-state index in [0.717, 1.165) is 84.8 Å². The Kier molecular flexibility index (Phi) is 22.6. The van der Waals surface area contributed by atoms with E-state index in [4.69, 9.17) is 14.2 Å². The second-order valence-electron chi connectivity index (χ2n) is 27.9. The van der Waals surface area contributed by atoms with E-state index in [-0.39, 0.29) is 52.0 Å². The number of aromatic nitrogens is 11. The number of amides is 3. The lowest BCUT2D eigenvalue weighted by molar-refractivity contribution is 0.0819. The maximum absolute atomic E-state index is 12.2. The Hall–Kier alpha value is -7.94. The SMILES string of the molecule is CC(C)(C)c1cn(C2CCN(C(=O)OCc3ccccc3)CC2)nn1.CC(C)(C)c1cn([C@@H]2CCN(C(=O)OCc3ccccc3)C2)cn1.CC(C)(C)c1cn([C@H]2CCN(C(=O)OCc3ccccc3)C2)nn1.CCN1CC[C@H](n2cc(C(C)(C)C)nn2)C1. The summed E-state index contributed by atoms with van der Waals surface area (Å²) in [7, 11) is 0. The summed E-state index contributed by atoms with van der Waals surface area (Å²) in [6.07, 6.45) is 14.1. The maximum Gasteiger partial charge on any atom is 0.410 e. The van der Waals surface area contributed by atoms with Crippen molar-refractivity contribution < 1.29 is 28.6 Å². The number of imidazole rings is 1. The molecule has 11 rings (SSSR count). The highest BCUT2D eigenvalue weighted by molar-refractivity contribution is 5.69. The molecule has 7 aromatic rings. The van der Waals surface area contributed by atoms with E-state index < -0.39 is 0 Å². The zero-order valence-corrected chi connectivity index (χ0v) is 55.0. The molecular weight excluding hydrogens is 1120 g/mol. The van der Waals surface area contributed by atoms with Gasteiger partial charge in [0.25, 0.3) is 0 Å². The summed E-state index contributed by atoms with van der Waals surface area (Å²) < 4.78 is 24.2. The van der Waals surface area contributed by atoms with Crippen molar-refractivity contribution in [1.29, 1.82) is 0 Å². The van der Waals surface area contributed by atoms with E-state index >= 15 is 0 Å². The molecule has 3 amide bonds. The first kappa shape index (κ1) is 67.0. The number of benzene rings is 3. The van der Waals surface area contributed by atoms with Gasteiger partial charge in [0.1, 0.15) is 19.8 Å². The average molecular weight is 1220 g/mol. The molecule has 4 aliphatic heterocycles. The van der Waals surface area contributed by atoms with Gasteiger partial charge in [-0.15, -0.1) is 15.3 Å². The average Bonchev–Trinajstić information content (AvgIpc) is 2.01. The molecule has 0 aliphatic carbocycles. The number of likely N-dealkylation sites (tertiary alicyclic amines) is 4. The molecule has 0 spiro atoms. The molecule has 0 unspecified atom stereocenters. The van der Waals surface area contributed by atoms with Gasteiger partial charge in [-0.05, 0) is 55.3 Å². The number of hydrogen-bond donors (Lipinski definition) is 0. The van der Waals surface area contributed by atoms with Gasteiger partial charge in [0.15, 0.2) is 0 Å². The van der Waals surface area contributed by atoms with E-state index in [0.29, 0.717) is 64.6 Å². The topological polar surface area (TPSA) is 202 Å². The van der Waals surface area contributed by atoms with E-state index in [1.807, 2.05) is 119 Å². The van der Waals surface area contributed by atoms with Crippen LogP contribution in [0.25, 0.3) is 0 Å². The predicted molar refractivity (Wildman–Crippen MR) is 343 cm³/mol. The summed E-state index contributed by atoms with van der Waals surface area (Å²) in [5.74, 6) is 0. The van der Waals surface area contributed by atoms with Crippen LogP contribution in [0.4, 0.5) is 14.4 Å². The molecule has 21 nitrogen and oxygen atoms in total. The Labute approximate surface area is 527 Å². The standard InChI is InChI=1S/C19H26N4O2.C19H25N3O2.C18H24N4O2.C12H22N4/c1-19(2,3)17-13-23(21-20-17)16-9-11-22(12-10-16)18(24)25-14-15-7-5-4-6-8-15;1-19(2,3)17-12-22(14-20-17)16-9-10-21(11-16)18(23)24-13-15-7-5-4-6-8-15;1-18(2,3)16-12-22(20-19-16)15-9-10-21(11-15)17(23)24-13-14-7-5-4-6-8-14;1-5-15-7-6-10(8-15)16-9-11(13-14-16)12(2,3)4/h4-8,13,16H,9-12,14H2,1-3H3;4-8,12,14,16H,9-11,13H2,1-3H3;4-8,12,15H,9-11,13H2,1-3H3;9-10H,5-8H2,1-4H3/t;16-;15-;10-/m.100/s1. The van der Waals surface area contributed by atoms with Crippen molar-refractivity contribution in [2.24, 2.45) is 0 Å². The lowest BCUT2D eigenvalue weighted by atomic mass is 9.93. The zero-order chi connectivity index (χ0) is 63.9. The number of ether oxygens (including phenoxy) is 3. The van der Waals surface area contributed by atoms with Crippen LogP contribution in [0, 0.1) is 0 Å². The van der Waals surface area contributed by atoms with Crippen LogP contribution < -0.4 is 0 Å². The summed E-state index contributed by atoms with van der Waals surface area (Å²) in [6, 6.07) is 30.5. The van der Waals surface area contributed by atoms with Crippen LogP contribution in [-0.2, 0) is 55.7 Å². The number of rotatable bonds is 11. The predicted octanol–water partition coefficient (Wildman–Crippen LogP) is 12.3. The number of likely N-dealkylation sites (N-methyl/N-ethyl adjacent to an activating group) is 1. The molecule has 0 saturated carbocycles. The molecule has 0 radical (unpaired) electrons. The minimum Gasteiger partial charge on any atom is -0.445 e. The molecular formula is C68H97N15O6. The minimum atomic E-state index is -0.266. The van der Waals surface area contributed by atoms with Crippen LogP contribution in [0.15, 0.2) is 122 Å². The number of piperidine rings is 1. The van der Waals surface area contributed by atoms with Gasteiger partial charge in [0.2, 0.25) is 0 Å². The van der Waals surface area contributed by atoms with Crippen LogP contribution in [0.2, 0.25) is 0 Å². The number of hydrogen-bond acceptors (Lipinski definition) is 14. The number of carbonyl (C=O) groups is 3. The fourth-order valence-electron chi connectivity index (χ4n) is 10.7. The van der Waals surface area contributed by atoms with Crippen LogP contribution in [-0.4, -0.2) is 151 Å². The van der Waals surface area contributed by atoms with Gasteiger partial charge >= 0.3 is 18.3 Å². The molecule has 8 heterocycles. The summed E-state index contributed by atoms with van der Waals surface area (Å²) in [4.78, 5) is 48.9. The Morgan fingerprint density at radius 2 is 0.753 bits per heavy atom. The van der Waals surface area contributed by atoms with Gasteiger partial charge in [-0.3, -0.25) is 0 Å². The first-order valence-electron chi connectivity index (χ1n) is 31.7. The van der Waals surface area contributed by atoms with Crippen LogP contribution in [0.5, 0.6) is 0 Å². The molecule has 4 saturated heterocycles. The monoisotopic (exact) mass is 1220 g/mol. The summed E-state index contributed by atoms with van der Waals surface area (Å²) in [5, 5.41) is 25.6. The fourth-order valence-corrected chi connectivity index (χ4v) is 10.7. The summed E-state index contributed by atoms with van der Waals surface area (Å²) in [5.41, 5.74) is 7.24. The minimum absolute atomic E-state index is 0.000195. The van der Waals surface area contributed by atoms with Crippen molar-refractivity contribution in [3.8, 4) is 0 Å². The summed E-state index contributed by atoms with van der Waals surface area (Å²) in [6.45, 7) is 36.4. The highest BCUT2D eigenvalue weighted by Gasteiger charge is 2.33. The maximum atomic E-state index is 12.2. The third kappa shape index (κ3) is 19.5. The van der Waals surface area contributed by atoms with Crippen molar-refractivity contribution in [2.75, 3.05) is 58.9 Å². The van der Waals surface area contributed by atoms with E-state index in [1.54, 1.807) is 14.7 Å². The Morgan fingerprint density at radius 3 is 1.12 bits per heavy atom. The van der Waals surface area contributed by atoms with Gasteiger partial charge < -0.3 is 38.4 Å². The lowest BCUT2D eigenvalue weighted by Gasteiger charge is -2.31. The Bertz CT molecular complexity index is 3170. The van der Waals surface area contributed by atoms with E-state index in [9.17, 15) is 14.4 Å². The van der Waals surface area contributed by atoms with Crippen LogP contribution >= 0.6 is 0 Å². The largest absolute Gasteiger partial charge is 0.445 e. The van der Waals surface area contributed by atoms with Gasteiger partial charge in [-0.25, -0.2) is 33.4 Å². The quantitative estimate of drug-likeness (QED) is 0.111. The van der Waals surface area contributed by atoms with Crippen molar-refractivity contribution in [3.05, 3.63) is 162 Å². The van der Waals surface area contributed by atoms with E-state index in [2.05, 4.69) is 152 Å². The van der Waals surface area contributed by atoms with Gasteiger partial charge in [0.05, 0.1) is 53.3 Å². The first-order chi connectivity index (χ1) is 42.3. The van der Waals surface area contributed by atoms with Crippen molar-refractivity contribution in [1.82, 2.24) is 74.1 Å². The lowest BCUT2D eigenvalue weighted by Crippen LogP contribution is -2.39. The number of carbonyl (C=O) groups excluding carboxylic acids is 3. The molecule has 0 bridgehead atoms. The van der Waals surface area contributed by atoms with Crippen molar-refractivity contribution in [2.45, 2.75) is 188 Å². The molecule has 3 atom stereocenters. The van der Waals surface area contributed by atoms with Crippen LogP contribution in [0.1, 0.15) is 186 Å². The third-order valence-electron chi connectivity index (χ3n) is 16.6. The van der Waals surface area contributed by atoms with E-state index in [1.165, 1.54) is 13.0 Å². The van der Waals surface area contributed by atoms with Gasteiger partial charge in [-0.1, -0.05) is 197 Å². The summed E-state index contributed by atoms with van der Waals surface area (Å²) >= 11 is 0. The zero-order valence-electron chi connectivity index (χ0n) is 55.0. The first-order valence-corrected chi connectivity index (χ1v) is 31.7. The second-order valence-corrected chi connectivity index (χ2v) is 27.9. The molecule has 4 aromatic heterocycles. The van der Waals surface area contributed by atoms with Gasteiger partial charge in [-0.2, -0.15) is 0 Å². The molecule has 0 N–H and O–H groups in total. The smallest absolute Gasteiger partial charge is 0.410 e. The van der Waals surface area contributed by atoms with Gasteiger partial charge in [0, 0.05) is 98.8 Å². The molecule has 480 valence electrons.